The summed E-state index contributed by atoms with van der Waals surface area (Å²) in [6, 6.07) is 7.70. The Morgan fingerprint density at radius 1 is 1.25 bits per heavy atom. The summed E-state index contributed by atoms with van der Waals surface area (Å²) < 4.78 is 0. The molecule has 0 amide bonds. The average molecular weight is 238 g/mol. The number of rotatable bonds is 2. The van der Waals surface area contributed by atoms with Crippen LogP contribution in [0.15, 0.2) is 24.3 Å². The maximum Gasteiger partial charge on any atom is 0.155 e. The fourth-order valence-electron chi connectivity index (χ4n) is 2.23. The van der Waals surface area contributed by atoms with Gasteiger partial charge >= 0.3 is 0 Å². The van der Waals surface area contributed by atoms with Gasteiger partial charge in [-0.2, -0.15) is 0 Å². The van der Waals surface area contributed by atoms with E-state index in [1.54, 1.807) is 0 Å². The van der Waals surface area contributed by atoms with Crippen LogP contribution in [0.1, 0.15) is 25.7 Å². The van der Waals surface area contributed by atoms with Crippen molar-refractivity contribution in [2.45, 2.75) is 31.7 Å². The van der Waals surface area contributed by atoms with Crippen LogP contribution in [0.3, 0.4) is 0 Å². The van der Waals surface area contributed by atoms with Crippen molar-refractivity contribution in [1.82, 2.24) is 0 Å². The number of benzene rings is 1. The lowest BCUT2D eigenvalue weighted by atomic mass is 9.93. The van der Waals surface area contributed by atoms with E-state index < -0.39 is 0 Å². The van der Waals surface area contributed by atoms with Crippen LogP contribution in [-0.4, -0.2) is 18.9 Å². The summed E-state index contributed by atoms with van der Waals surface area (Å²) in [4.78, 5) is 13.9. The third kappa shape index (κ3) is 2.38. The van der Waals surface area contributed by atoms with Gasteiger partial charge in [0.15, 0.2) is 5.78 Å². The fraction of sp³-hybridized carbons (Fsp3) is 0.462. The van der Waals surface area contributed by atoms with E-state index in [-0.39, 0.29) is 6.04 Å². The van der Waals surface area contributed by atoms with E-state index in [0.717, 1.165) is 36.4 Å². The van der Waals surface area contributed by atoms with E-state index in [1.807, 2.05) is 31.3 Å². The van der Waals surface area contributed by atoms with Gasteiger partial charge in [0, 0.05) is 24.2 Å². The third-order valence-electron chi connectivity index (χ3n) is 3.22. The van der Waals surface area contributed by atoms with Gasteiger partial charge in [0.25, 0.3) is 0 Å². The summed E-state index contributed by atoms with van der Waals surface area (Å²) in [5, 5.41) is 0.729. The first-order chi connectivity index (χ1) is 7.68. The molecule has 1 atom stereocenters. The van der Waals surface area contributed by atoms with Gasteiger partial charge in [0.1, 0.15) is 0 Å². The van der Waals surface area contributed by atoms with Crippen LogP contribution in [0, 0.1) is 0 Å². The molecule has 0 radical (unpaired) electrons. The van der Waals surface area contributed by atoms with Gasteiger partial charge in [-0.05, 0) is 37.1 Å². The Bertz CT molecular complexity index is 374. The standard InChI is InChI=1S/C13H16ClNO/c1-15(11-8-6-10(14)7-9-11)12-4-2-3-5-13(12)16/h6-9,12H,2-5H2,1H3. The predicted octanol–water partition coefficient (Wildman–Crippen LogP) is 3.29. The molecule has 3 heteroatoms. The molecule has 1 aromatic carbocycles. The lowest BCUT2D eigenvalue weighted by Gasteiger charge is -2.31. The van der Waals surface area contributed by atoms with Crippen molar-refractivity contribution in [3.63, 3.8) is 0 Å². The van der Waals surface area contributed by atoms with Crippen molar-refractivity contribution in [3.8, 4) is 0 Å². The highest BCUT2D eigenvalue weighted by atomic mass is 35.5. The molecule has 0 heterocycles. The van der Waals surface area contributed by atoms with Crippen molar-refractivity contribution >= 4 is 23.1 Å². The maximum atomic E-state index is 11.8. The normalized spacial score (nSPS) is 20.9. The second-order valence-electron chi connectivity index (χ2n) is 4.32. The van der Waals surface area contributed by atoms with Gasteiger partial charge in [0.2, 0.25) is 0 Å². The molecule has 1 fully saturated rings. The molecular weight excluding hydrogens is 222 g/mol. The molecule has 0 saturated heterocycles. The van der Waals surface area contributed by atoms with Crippen LogP contribution in [0.4, 0.5) is 5.69 Å². The zero-order chi connectivity index (χ0) is 11.5. The topological polar surface area (TPSA) is 20.3 Å². The van der Waals surface area contributed by atoms with Crippen LogP contribution in [-0.2, 0) is 4.79 Å². The first-order valence-electron chi connectivity index (χ1n) is 5.69. The molecule has 0 bridgehead atoms. The molecule has 1 aromatic rings. The largest absolute Gasteiger partial charge is 0.365 e. The Morgan fingerprint density at radius 3 is 2.56 bits per heavy atom. The van der Waals surface area contributed by atoms with Crippen LogP contribution in [0.5, 0.6) is 0 Å². The molecule has 0 N–H and O–H groups in total. The van der Waals surface area contributed by atoms with Gasteiger partial charge in [-0.15, -0.1) is 0 Å². The molecule has 1 saturated carbocycles. The Labute approximate surface area is 101 Å². The van der Waals surface area contributed by atoms with E-state index in [9.17, 15) is 4.79 Å². The number of Topliss-reactive ketones (excluding diaryl/α,β-unsaturated/α-hetero) is 1. The quantitative estimate of drug-likeness (QED) is 0.787. The number of halogens is 1. The smallest absolute Gasteiger partial charge is 0.155 e. The van der Waals surface area contributed by atoms with Crippen LogP contribution >= 0.6 is 11.6 Å². The molecule has 1 unspecified atom stereocenters. The summed E-state index contributed by atoms with van der Waals surface area (Å²) in [5.74, 6) is 0.365. The fourth-order valence-corrected chi connectivity index (χ4v) is 2.36. The number of nitrogens with zero attached hydrogens (tertiary/aromatic N) is 1. The average Bonchev–Trinajstić information content (AvgIpc) is 2.30. The van der Waals surface area contributed by atoms with E-state index in [1.165, 1.54) is 0 Å². The minimum Gasteiger partial charge on any atom is -0.365 e. The molecule has 2 rings (SSSR count). The van der Waals surface area contributed by atoms with Gasteiger partial charge in [-0.1, -0.05) is 18.0 Å². The molecule has 16 heavy (non-hydrogen) atoms. The summed E-state index contributed by atoms with van der Waals surface area (Å²) >= 11 is 5.85. The number of anilines is 1. The van der Waals surface area contributed by atoms with E-state index in [4.69, 9.17) is 11.6 Å². The van der Waals surface area contributed by atoms with Crippen LogP contribution in [0.2, 0.25) is 5.02 Å². The number of hydrogen-bond donors (Lipinski definition) is 0. The van der Waals surface area contributed by atoms with Crippen LogP contribution in [0.25, 0.3) is 0 Å². The molecule has 0 aromatic heterocycles. The zero-order valence-corrected chi connectivity index (χ0v) is 10.2. The summed E-state index contributed by atoms with van der Waals surface area (Å²) in [6.45, 7) is 0. The number of carbonyl (C=O) groups excluding carboxylic acids is 1. The lowest BCUT2D eigenvalue weighted by Crippen LogP contribution is -2.40. The number of hydrogen-bond acceptors (Lipinski definition) is 2. The van der Waals surface area contributed by atoms with E-state index in [2.05, 4.69) is 4.90 Å². The summed E-state index contributed by atoms with van der Waals surface area (Å²) in [6.07, 6.45) is 3.89. The molecule has 0 spiro atoms. The Balaban J connectivity index is 2.14. The second-order valence-corrected chi connectivity index (χ2v) is 4.75. The predicted molar refractivity (Wildman–Crippen MR) is 67.1 cm³/mol. The minimum absolute atomic E-state index is 0.0509. The number of carbonyl (C=O) groups is 1. The van der Waals surface area contributed by atoms with Gasteiger partial charge in [-0.25, -0.2) is 0 Å². The molecule has 86 valence electrons. The first-order valence-corrected chi connectivity index (χ1v) is 6.07. The monoisotopic (exact) mass is 237 g/mol. The van der Waals surface area contributed by atoms with E-state index in [0.29, 0.717) is 5.78 Å². The van der Waals surface area contributed by atoms with Crippen molar-refractivity contribution in [2.75, 3.05) is 11.9 Å². The summed E-state index contributed by atoms with van der Waals surface area (Å²) in [5.41, 5.74) is 1.06. The first kappa shape index (κ1) is 11.5. The number of likely N-dealkylation sites (N-methyl/N-ethyl adjacent to an activating group) is 1. The highest BCUT2D eigenvalue weighted by Gasteiger charge is 2.25. The van der Waals surface area contributed by atoms with Crippen LogP contribution < -0.4 is 4.90 Å². The molecule has 1 aliphatic carbocycles. The highest BCUT2D eigenvalue weighted by Crippen LogP contribution is 2.24. The molecule has 0 aliphatic heterocycles. The second kappa shape index (κ2) is 4.88. The minimum atomic E-state index is 0.0509. The highest BCUT2D eigenvalue weighted by molar-refractivity contribution is 6.30. The Kier molecular flexibility index (Phi) is 3.49. The molecule has 1 aliphatic rings. The lowest BCUT2D eigenvalue weighted by molar-refractivity contribution is -0.121. The van der Waals surface area contributed by atoms with Gasteiger partial charge in [-0.3, -0.25) is 4.79 Å². The third-order valence-corrected chi connectivity index (χ3v) is 3.48. The molecular formula is C13H16ClNO. The van der Waals surface area contributed by atoms with Crippen molar-refractivity contribution in [2.24, 2.45) is 0 Å². The number of ketones is 1. The SMILES string of the molecule is CN(c1ccc(Cl)cc1)C1CCCCC1=O. The Hall–Kier alpha value is -1.02. The maximum absolute atomic E-state index is 11.8. The molecule has 2 nitrogen and oxygen atoms in total. The van der Waals surface area contributed by atoms with E-state index >= 15 is 0 Å². The summed E-state index contributed by atoms with van der Waals surface area (Å²) in [7, 11) is 1.98. The van der Waals surface area contributed by atoms with Crippen molar-refractivity contribution in [1.29, 1.82) is 0 Å². The zero-order valence-electron chi connectivity index (χ0n) is 9.45. The van der Waals surface area contributed by atoms with Gasteiger partial charge < -0.3 is 4.90 Å². The van der Waals surface area contributed by atoms with Crippen molar-refractivity contribution in [3.05, 3.63) is 29.3 Å². The van der Waals surface area contributed by atoms with Gasteiger partial charge in [0.05, 0.1) is 6.04 Å². The van der Waals surface area contributed by atoms with Crippen molar-refractivity contribution < 1.29 is 4.79 Å². The Morgan fingerprint density at radius 2 is 1.94 bits per heavy atom.